The molecule has 1 fully saturated rings. The maximum absolute atomic E-state index is 12.4. The lowest BCUT2D eigenvalue weighted by atomic mass is 9.80. The van der Waals surface area contributed by atoms with Crippen molar-refractivity contribution >= 4 is 11.7 Å². The first-order valence-corrected chi connectivity index (χ1v) is 11.9. The highest BCUT2D eigenvalue weighted by atomic mass is 16.5. The fourth-order valence-electron chi connectivity index (χ4n) is 4.86. The van der Waals surface area contributed by atoms with Gasteiger partial charge in [0.2, 0.25) is 0 Å². The van der Waals surface area contributed by atoms with Crippen LogP contribution < -0.4 is 15.0 Å². The molecule has 0 radical (unpaired) electrons. The quantitative estimate of drug-likeness (QED) is 0.512. The van der Waals surface area contributed by atoms with Crippen molar-refractivity contribution in [3.63, 3.8) is 0 Å². The van der Waals surface area contributed by atoms with E-state index < -0.39 is 23.7 Å². The van der Waals surface area contributed by atoms with E-state index in [-0.39, 0.29) is 12.2 Å². The van der Waals surface area contributed by atoms with Crippen LogP contribution in [0.5, 0.6) is 5.75 Å². The van der Waals surface area contributed by atoms with E-state index in [2.05, 4.69) is 33.5 Å². The zero-order chi connectivity index (χ0) is 24.4. The number of benzene rings is 1. The average Bonchev–Trinajstić information content (AvgIpc) is 2.89. The molecule has 2 aliphatic rings. The second-order valence-electron chi connectivity index (χ2n) is 9.22. The maximum atomic E-state index is 12.4. The number of aliphatic hydroxyl groups excluding tert-OH is 2. The SMILES string of the molecule is Cc1cccc2c1CCC1(CCN(c3ccc(C(=O)NCC(O)c4cccnc4)nn3)CC1O)O2. The van der Waals surface area contributed by atoms with Crippen LogP contribution >= 0.6 is 0 Å². The van der Waals surface area contributed by atoms with Crippen molar-refractivity contribution < 1.29 is 19.7 Å². The minimum atomic E-state index is -0.861. The van der Waals surface area contributed by atoms with E-state index in [1.807, 2.05) is 17.0 Å². The number of β-amino-alcohol motifs (C(OH)–C–C–N with tert-alkyl or cyclic N) is 1. The number of pyridine rings is 1. The Hall–Kier alpha value is -3.56. The number of fused-ring (bicyclic) bond motifs is 1. The third-order valence-electron chi connectivity index (χ3n) is 7.02. The molecule has 1 amide bonds. The summed E-state index contributed by atoms with van der Waals surface area (Å²) >= 11 is 0. The number of amides is 1. The van der Waals surface area contributed by atoms with Crippen LogP contribution in [0.1, 0.15) is 46.1 Å². The van der Waals surface area contributed by atoms with Gasteiger partial charge in [0.15, 0.2) is 11.5 Å². The fraction of sp³-hybridized carbons (Fsp3) is 0.385. The van der Waals surface area contributed by atoms with Gasteiger partial charge in [-0.05, 0) is 55.2 Å². The number of aromatic nitrogens is 3. The monoisotopic (exact) mass is 475 g/mol. The Morgan fingerprint density at radius 2 is 2.11 bits per heavy atom. The Morgan fingerprint density at radius 1 is 1.23 bits per heavy atom. The van der Waals surface area contributed by atoms with Gasteiger partial charge in [0, 0.05) is 44.0 Å². The minimum absolute atomic E-state index is 0.0387. The molecule has 1 saturated heterocycles. The number of anilines is 1. The number of carbonyl (C=O) groups excluding carboxylic acids is 1. The molecule has 0 aliphatic carbocycles. The van der Waals surface area contributed by atoms with E-state index in [1.165, 1.54) is 11.1 Å². The molecule has 3 atom stereocenters. The number of nitrogens with zero attached hydrogens (tertiary/aromatic N) is 4. The molecule has 9 nitrogen and oxygen atoms in total. The molecule has 3 unspecified atom stereocenters. The summed E-state index contributed by atoms with van der Waals surface area (Å²) in [4.78, 5) is 18.4. The molecule has 4 heterocycles. The maximum Gasteiger partial charge on any atom is 0.271 e. The van der Waals surface area contributed by atoms with Gasteiger partial charge in [-0.25, -0.2) is 0 Å². The van der Waals surface area contributed by atoms with Crippen molar-refractivity contribution in [3.05, 3.63) is 77.2 Å². The van der Waals surface area contributed by atoms with Gasteiger partial charge in [0.05, 0.1) is 6.10 Å². The normalized spacial score (nSPS) is 22.3. The molecule has 3 N–H and O–H groups in total. The standard InChI is InChI=1S/C26H29N5O4/c1-17-4-2-6-22-19(17)9-10-26(35-22)11-13-31(16-23(26)33)24-8-7-20(29-30-24)25(34)28-15-21(32)18-5-3-12-27-14-18/h2-8,12,14,21,23,32-33H,9-11,13,15-16H2,1H3,(H,28,34). The molecule has 9 heteroatoms. The van der Waals surface area contributed by atoms with Crippen LogP contribution in [-0.2, 0) is 6.42 Å². The molecule has 3 aromatic rings. The number of hydrogen-bond donors (Lipinski definition) is 3. The molecule has 182 valence electrons. The van der Waals surface area contributed by atoms with Crippen LogP contribution in [0, 0.1) is 6.92 Å². The van der Waals surface area contributed by atoms with E-state index in [0.717, 1.165) is 18.6 Å². The van der Waals surface area contributed by atoms with E-state index >= 15 is 0 Å². The van der Waals surface area contributed by atoms with Gasteiger partial charge in [-0.2, -0.15) is 0 Å². The number of ether oxygens (including phenoxy) is 1. The average molecular weight is 476 g/mol. The number of carbonyl (C=O) groups is 1. The first-order chi connectivity index (χ1) is 16.9. The summed E-state index contributed by atoms with van der Waals surface area (Å²) in [5.74, 6) is 1.04. The summed E-state index contributed by atoms with van der Waals surface area (Å²) in [6, 6.07) is 12.9. The summed E-state index contributed by atoms with van der Waals surface area (Å²) in [6.07, 6.45) is 3.96. The molecule has 35 heavy (non-hydrogen) atoms. The van der Waals surface area contributed by atoms with Gasteiger partial charge in [-0.15, -0.1) is 10.2 Å². The van der Waals surface area contributed by atoms with Gasteiger partial charge >= 0.3 is 0 Å². The largest absolute Gasteiger partial charge is 0.484 e. The second-order valence-corrected chi connectivity index (χ2v) is 9.22. The number of hydrogen-bond acceptors (Lipinski definition) is 8. The van der Waals surface area contributed by atoms with Crippen LogP contribution in [0.4, 0.5) is 5.82 Å². The number of nitrogens with one attached hydrogen (secondary N) is 1. The Balaban J connectivity index is 1.19. The minimum Gasteiger partial charge on any atom is -0.484 e. The van der Waals surface area contributed by atoms with Gasteiger partial charge < -0.3 is 25.2 Å². The summed E-state index contributed by atoms with van der Waals surface area (Å²) in [7, 11) is 0. The number of aryl methyl sites for hydroxylation is 1. The summed E-state index contributed by atoms with van der Waals surface area (Å²) in [5, 5.41) is 32.2. The van der Waals surface area contributed by atoms with Gasteiger partial charge in [-0.1, -0.05) is 18.2 Å². The van der Waals surface area contributed by atoms with Crippen LogP contribution in [0.2, 0.25) is 0 Å². The predicted octanol–water partition coefficient (Wildman–Crippen LogP) is 1.98. The van der Waals surface area contributed by atoms with E-state index in [4.69, 9.17) is 4.74 Å². The number of piperidine rings is 1. The highest BCUT2D eigenvalue weighted by Gasteiger charge is 2.47. The number of rotatable bonds is 5. The molecule has 0 saturated carbocycles. The summed E-state index contributed by atoms with van der Waals surface area (Å²) in [5.41, 5.74) is 2.62. The highest BCUT2D eigenvalue weighted by Crippen LogP contribution is 2.41. The van der Waals surface area contributed by atoms with Crippen LogP contribution in [0.25, 0.3) is 0 Å². The van der Waals surface area contributed by atoms with Crippen molar-refractivity contribution in [3.8, 4) is 5.75 Å². The van der Waals surface area contributed by atoms with Crippen molar-refractivity contribution in [1.29, 1.82) is 0 Å². The van der Waals surface area contributed by atoms with Crippen molar-refractivity contribution in [2.75, 3.05) is 24.5 Å². The first-order valence-electron chi connectivity index (χ1n) is 11.9. The van der Waals surface area contributed by atoms with Gasteiger partial charge in [0.25, 0.3) is 5.91 Å². The zero-order valence-corrected chi connectivity index (χ0v) is 19.6. The Morgan fingerprint density at radius 3 is 2.86 bits per heavy atom. The predicted molar refractivity (Wildman–Crippen MR) is 129 cm³/mol. The molecule has 5 rings (SSSR count). The zero-order valence-electron chi connectivity index (χ0n) is 19.6. The third kappa shape index (κ3) is 4.69. The topological polar surface area (TPSA) is 121 Å². The molecular weight excluding hydrogens is 446 g/mol. The molecule has 1 spiro atoms. The molecule has 1 aromatic carbocycles. The van der Waals surface area contributed by atoms with Crippen LogP contribution in [-0.4, -0.2) is 62.6 Å². The first kappa shape index (κ1) is 23.2. The van der Waals surface area contributed by atoms with E-state index in [1.54, 1.807) is 36.7 Å². The van der Waals surface area contributed by atoms with Crippen molar-refractivity contribution in [1.82, 2.24) is 20.5 Å². The van der Waals surface area contributed by atoms with Crippen molar-refractivity contribution in [2.24, 2.45) is 0 Å². The highest BCUT2D eigenvalue weighted by molar-refractivity contribution is 5.92. The Labute approximate surface area is 203 Å². The molecule has 2 aliphatic heterocycles. The van der Waals surface area contributed by atoms with E-state index in [0.29, 0.717) is 30.9 Å². The third-order valence-corrected chi connectivity index (χ3v) is 7.02. The lowest BCUT2D eigenvalue weighted by Crippen LogP contribution is -2.60. The van der Waals surface area contributed by atoms with Gasteiger partial charge in [0.1, 0.15) is 17.5 Å². The smallest absolute Gasteiger partial charge is 0.271 e. The lowest BCUT2D eigenvalue weighted by Gasteiger charge is -2.48. The molecule has 0 bridgehead atoms. The fourth-order valence-corrected chi connectivity index (χ4v) is 4.86. The number of aliphatic hydroxyl groups is 2. The summed E-state index contributed by atoms with van der Waals surface area (Å²) in [6.45, 7) is 3.16. The second kappa shape index (κ2) is 9.59. The van der Waals surface area contributed by atoms with E-state index in [9.17, 15) is 15.0 Å². The Bertz CT molecular complexity index is 1190. The van der Waals surface area contributed by atoms with Gasteiger partial charge in [-0.3, -0.25) is 9.78 Å². The van der Waals surface area contributed by atoms with Crippen molar-refractivity contribution in [2.45, 2.75) is 44.0 Å². The Kier molecular flexibility index (Phi) is 6.36. The van der Waals surface area contributed by atoms with Crippen LogP contribution in [0.3, 0.4) is 0 Å². The lowest BCUT2D eigenvalue weighted by molar-refractivity contribution is -0.0786. The van der Waals surface area contributed by atoms with Crippen LogP contribution in [0.15, 0.2) is 54.9 Å². The molecule has 2 aromatic heterocycles. The summed E-state index contributed by atoms with van der Waals surface area (Å²) < 4.78 is 6.38. The molecular formula is C26H29N5O4.